The van der Waals surface area contributed by atoms with Crippen molar-refractivity contribution in [2.75, 3.05) is 5.32 Å². The van der Waals surface area contributed by atoms with Crippen molar-refractivity contribution in [3.63, 3.8) is 0 Å². The van der Waals surface area contributed by atoms with E-state index < -0.39 is 11.5 Å². The molecule has 2 N–H and O–H groups in total. The Hall–Kier alpha value is -1.65. The molecule has 5 heteroatoms. The van der Waals surface area contributed by atoms with Crippen LogP contribution in [0.5, 0.6) is 0 Å². The zero-order chi connectivity index (χ0) is 13.0. The number of carbonyl (C=O) groups is 1. The molecule has 0 saturated heterocycles. The summed E-state index contributed by atoms with van der Waals surface area (Å²) < 4.78 is 0. The molecule has 0 unspecified atom stereocenters. The van der Waals surface area contributed by atoms with Gasteiger partial charge in [-0.15, -0.1) is 0 Å². The maximum atomic E-state index is 11.6. The molecule has 2 rings (SSSR count). The van der Waals surface area contributed by atoms with Gasteiger partial charge in [-0.25, -0.2) is 9.78 Å². The quantitative estimate of drug-likeness (QED) is 0.804. The van der Waals surface area contributed by atoms with E-state index in [1.807, 2.05) is 6.92 Å². The van der Waals surface area contributed by atoms with Gasteiger partial charge in [0.1, 0.15) is 11.4 Å². The van der Waals surface area contributed by atoms with Crippen LogP contribution in [-0.4, -0.2) is 26.6 Å². The molecule has 1 aromatic heterocycles. The molecule has 0 amide bonds. The van der Waals surface area contributed by atoms with Crippen molar-refractivity contribution >= 4 is 11.8 Å². The molecule has 1 fully saturated rings. The van der Waals surface area contributed by atoms with Crippen LogP contribution >= 0.6 is 0 Å². The van der Waals surface area contributed by atoms with Crippen LogP contribution in [0.2, 0.25) is 0 Å². The van der Waals surface area contributed by atoms with Gasteiger partial charge in [-0.1, -0.05) is 25.7 Å². The van der Waals surface area contributed by atoms with E-state index in [0.29, 0.717) is 18.7 Å². The fourth-order valence-electron chi connectivity index (χ4n) is 2.48. The largest absolute Gasteiger partial charge is 0.480 e. The van der Waals surface area contributed by atoms with E-state index in [0.717, 1.165) is 31.4 Å². The van der Waals surface area contributed by atoms with Gasteiger partial charge in [0.25, 0.3) is 0 Å². The van der Waals surface area contributed by atoms with Crippen LogP contribution in [0.4, 0.5) is 5.82 Å². The maximum absolute atomic E-state index is 11.6. The minimum Gasteiger partial charge on any atom is -0.480 e. The molecule has 0 bridgehead atoms. The van der Waals surface area contributed by atoms with Gasteiger partial charge >= 0.3 is 5.97 Å². The van der Waals surface area contributed by atoms with E-state index in [2.05, 4.69) is 15.3 Å². The number of nitrogens with zero attached hydrogens (tertiary/aromatic N) is 2. The molecule has 1 heterocycles. The number of hydrogen-bond donors (Lipinski definition) is 2. The first-order valence-electron chi connectivity index (χ1n) is 6.43. The van der Waals surface area contributed by atoms with Crippen LogP contribution < -0.4 is 5.32 Å². The van der Waals surface area contributed by atoms with Gasteiger partial charge in [0, 0.05) is 12.4 Å². The lowest BCUT2D eigenvalue weighted by atomic mass is 9.90. The topological polar surface area (TPSA) is 75.1 Å². The Morgan fingerprint density at radius 1 is 1.22 bits per heavy atom. The van der Waals surface area contributed by atoms with Gasteiger partial charge in [-0.2, -0.15) is 0 Å². The number of carboxylic acid groups (broad SMARTS) is 1. The lowest BCUT2D eigenvalue weighted by Crippen LogP contribution is -2.46. The molecule has 0 radical (unpaired) electrons. The standard InChI is InChI=1S/C13H19N3O2/c1-10-11(15-9-8-14-10)16-13(12(17)18)6-4-2-3-5-7-13/h8-9H,2-7H2,1H3,(H,15,16)(H,17,18). The average Bonchev–Trinajstić information content (AvgIpc) is 2.59. The lowest BCUT2D eigenvalue weighted by molar-refractivity contribution is -0.142. The normalized spacial score (nSPS) is 18.9. The summed E-state index contributed by atoms with van der Waals surface area (Å²) in [4.78, 5) is 20.0. The Morgan fingerprint density at radius 2 is 1.83 bits per heavy atom. The molecule has 1 saturated carbocycles. The Kier molecular flexibility index (Phi) is 3.79. The van der Waals surface area contributed by atoms with Gasteiger partial charge in [-0.3, -0.25) is 4.98 Å². The Labute approximate surface area is 107 Å². The second-order valence-corrected chi connectivity index (χ2v) is 4.92. The predicted molar refractivity (Wildman–Crippen MR) is 68.5 cm³/mol. The molecular weight excluding hydrogens is 230 g/mol. The van der Waals surface area contributed by atoms with Crippen molar-refractivity contribution < 1.29 is 9.90 Å². The van der Waals surface area contributed by atoms with Crippen LogP contribution in [0, 0.1) is 6.92 Å². The number of rotatable bonds is 3. The molecule has 0 atom stereocenters. The van der Waals surface area contributed by atoms with E-state index in [9.17, 15) is 9.90 Å². The molecule has 0 aliphatic heterocycles. The summed E-state index contributed by atoms with van der Waals surface area (Å²) in [6.07, 6.45) is 8.60. The van der Waals surface area contributed by atoms with Gasteiger partial charge in [0.2, 0.25) is 0 Å². The third-order valence-corrected chi connectivity index (χ3v) is 3.61. The van der Waals surface area contributed by atoms with Crippen molar-refractivity contribution in [2.24, 2.45) is 0 Å². The van der Waals surface area contributed by atoms with Gasteiger partial charge in [0.15, 0.2) is 0 Å². The van der Waals surface area contributed by atoms with Crippen molar-refractivity contribution in [2.45, 2.75) is 51.0 Å². The fourth-order valence-corrected chi connectivity index (χ4v) is 2.48. The van der Waals surface area contributed by atoms with Gasteiger partial charge in [0.05, 0.1) is 5.69 Å². The molecule has 1 aromatic rings. The van der Waals surface area contributed by atoms with Crippen LogP contribution in [0.15, 0.2) is 12.4 Å². The summed E-state index contributed by atoms with van der Waals surface area (Å²) in [5.41, 5.74) is -0.139. The maximum Gasteiger partial charge on any atom is 0.329 e. The Bertz CT molecular complexity index is 426. The highest BCUT2D eigenvalue weighted by atomic mass is 16.4. The summed E-state index contributed by atoms with van der Waals surface area (Å²) >= 11 is 0. The molecule has 1 aliphatic carbocycles. The summed E-state index contributed by atoms with van der Waals surface area (Å²) in [6, 6.07) is 0. The SMILES string of the molecule is Cc1nccnc1NC1(C(=O)O)CCCCCC1. The zero-order valence-corrected chi connectivity index (χ0v) is 10.6. The lowest BCUT2D eigenvalue weighted by Gasteiger charge is -2.30. The highest BCUT2D eigenvalue weighted by molar-refractivity contribution is 5.82. The first-order valence-corrected chi connectivity index (χ1v) is 6.43. The number of hydrogen-bond acceptors (Lipinski definition) is 4. The highest BCUT2D eigenvalue weighted by Crippen LogP contribution is 2.31. The first-order chi connectivity index (χ1) is 8.64. The van der Waals surface area contributed by atoms with Gasteiger partial charge in [-0.05, 0) is 19.8 Å². The predicted octanol–water partition coefficient (Wildman–Crippen LogP) is 2.37. The molecule has 98 valence electrons. The van der Waals surface area contributed by atoms with E-state index >= 15 is 0 Å². The van der Waals surface area contributed by atoms with Crippen molar-refractivity contribution in [1.29, 1.82) is 0 Å². The van der Waals surface area contributed by atoms with E-state index in [1.54, 1.807) is 12.4 Å². The van der Waals surface area contributed by atoms with Crippen molar-refractivity contribution in [3.8, 4) is 0 Å². The first kappa shape index (κ1) is 12.8. The number of anilines is 1. The third-order valence-electron chi connectivity index (χ3n) is 3.61. The molecule has 0 aromatic carbocycles. The Balaban J connectivity index is 2.25. The van der Waals surface area contributed by atoms with Crippen LogP contribution in [0.1, 0.15) is 44.2 Å². The average molecular weight is 249 g/mol. The fraction of sp³-hybridized carbons (Fsp3) is 0.615. The summed E-state index contributed by atoms with van der Waals surface area (Å²) in [5.74, 6) is -0.198. The molecule has 0 spiro atoms. The van der Waals surface area contributed by atoms with Crippen LogP contribution in [0.3, 0.4) is 0 Å². The van der Waals surface area contributed by atoms with Crippen LogP contribution in [-0.2, 0) is 4.79 Å². The molecular formula is C13H19N3O2. The second-order valence-electron chi connectivity index (χ2n) is 4.92. The Morgan fingerprint density at radius 3 is 2.39 bits per heavy atom. The number of aromatic nitrogens is 2. The summed E-state index contributed by atoms with van der Waals surface area (Å²) in [7, 11) is 0. The number of carboxylic acids is 1. The molecule has 1 aliphatic rings. The zero-order valence-electron chi connectivity index (χ0n) is 10.6. The summed E-state index contributed by atoms with van der Waals surface area (Å²) in [6.45, 7) is 1.83. The van der Waals surface area contributed by atoms with Gasteiger partial charge < -0.3 is 10.4 Å². The summed E-state index contributed by atoms with van der Waals surface area (Å²) in [5, 5.41) is 12.7. The minimum absolute atomic E-state index is 0.585. The molecule has 18 heavy (non-hydrogen) atoms. The number of aryl methyl sites for hydroxylation is 1. The van der Waals surface area contributed by atoms with Crippen LogP contribution in [0.25, 0.3) is 0 Å². The molecule has 5 nitrogen and oxygen atoms in total. The van der Waals surface area contributed by atoms with Crippen molar-refractivity contribution in [3.05, 3.63) is 18.1 Å². The highest BCUT2D eigenvalue weighted by Gasteiger charge is 2.39. The monoisotopic (exact) mass is 249 g/mol. The minimum atomic E-state index is -0.878. The van der Waals surface area contributed by atoms with E-state index in [1.165, 1.54) is 0 Å². The second kappa shape index (κ2) is 5.33. The van der Waals surface area contributed by atoms with E-state index in [4.69, 9.17) is 0 Å². The van der Waals surface area contributed by atoms with E-state index in [-0.39, 0.29) is 0 Å². The smallest absolute Gasteiger partial charge is 0.329 e. The van der Waals surface area contributed by atoms with Crippen molar-refractivity contribution in [1.82, 2.24) is 9.97 Å². The number of aliphatic carboxylic acids is 1. The number of nitrogens with one attached hydrogen (secondary N) is 1. The third kappa shape index (κ3) is 2.60.